The van der Waals surface area contributed by atoms with Gasteiger partial charge in [0.05, 0.1) is 82.6 Å². The summed E-state index contributed by atoms with van der Waals surface area (Å²) < 4.78 is 18.3. The number of aromatic amines is 5. The number of H-pyrrole nitrogens is 5. The maximum absolute atomic E-state index is 11.3. The first-order valence-corrected chi connectivity index (χ1v) is 16.3. The van der Waals surface area contributed by atoms with Crippen molar-refractivity contribution in [2.24, 2.45) is 0 Å². The van der Waals surface area contributed by atoms with Crippen molar-refractivity contribution in [1.29, 1.82) is 15.8 Å². The number of nitrogens with one attached hydrogen (secondary N) is 5. The van der Waals surface area contributed by atoms with Crippen LogP contribution in [0.3, 0.4) is 0 Å². The van der Waals surface area contributed by atoms with Crippen LogP contribution in [0.25, 0.3) is 0 Å². The quantitative estimate of drug-likeness (QED) is 0.0766. The predicted molar refractivity (Wildman–Crippen MR) is 198 cm³/mol. The molecule has 0 atom stereocenters. The van der Waals surface area contributed by atoms with Gasteiger partial charge in [0.15, 0.2) is 0 Å². The van der Waals surface area contributed by atoms with E-state index in [1.54, 1.807) is 20.8 Å². The monoisotopic (exact) mass is 816 g/mol. The molecule has 0 aliphatic rings. The lowest BCUT2D eigenvalue weighted by atomic mass is 10.2. The Morgan fingerprint density at radius 2 is 0.814 bits per heavy atom. The molecule has 0 saturated carbocycles. The molecule has 0 unspecified atom stereocenters. The zero-order valence-corrected chi connectivity index (χ0v) is 31.7. The molecular formula is C37H36N8O14. The minimum Gasteiger partial charge on any atom is -0.478 e. The number of carbonyl (C=O) groups excluding carboxylic acids is 4. The van der Waals surface area contributed by atoms with Crippen LogP contribution in [-0.4, -0.2) is 109 Å². The number of carboxylic acids is 3. The van der Waals surface area contributed by atoms with Gasteiger partial charge in [-0.1, -0.05) is 0 Å². The molecule has 0 aromatic carbocycles. The van der Waals surface area contributed by atoms with Crippen molar-refractivity contribution in [1.82, 2.24) is 24.9 Å². The van der Waals surface area contributed by atoms with Crippen LogP contribution < -0.4 is 0 Å². The fourth-order valence-electron chi connectivity index (χ4n) is 4.01. The van der Waals surface area contributed by atoms with Gasteiger partial charge in [-0.05, 0) is 20.8 Å². The van der Waals surface area contributed by atoms with Crippen LogP contribution in [0.5, 0.6) is 0 Å². The second-order valence-electron chi connectivity index (χ2n) is 10.8. The number of esters is 4. The van der Waals surface area contributed by atoms with Crippen molar-refractivity contribution < 1.29 is 67.8 Å². The van der Waals surface area contributed by atoms with E-state index < -0.39 is 41.8 Å². The molecule has 0 bridgehead atoms. The average molecular weight is 817 g/mol. The number of aromatic carboxylic acids is 3. The highest BCUT2D eigenvalue weighted by atomic mass is 16.5. The van der Waals surface area contributed by atoms with Gasteiger partial charge in [-0.15, -0.1) is 0 Å². The molecule has 0 amide bonds. The van der Waals surface area contributed by atoms with Crippen LogP contribution in [0.15, 0.2) is 62.0 Å². The van der Waals surface area contributed by atoms with Crippen molar-refractivity contribution in [3.8, 4) is 18.2 Å². The van der Waals surface area contributed by atoms with Gasteiger partial charge in [0.1, 0.15) is 18.2 Å². The number of nitriles is 3. The average Bonchev–Trinajstić information content (AvgIpc) is 4.06. The van der Waals surface area contributed by atoms with Crippen LogP contribution in [0, 0.1) is 34.0 Å². The lowest BCUT2D eigenvalue weighted by Gasteiger charge is -2.06. The smallest absolute Gasteiger partial charge is 0.340 e. The molecule has 8 N–H and O–H groups in total. The van der Waals surface area contributed by atoms with E-state index in [2.05, 4.69) is 39.1 Å². The first-order chi connectivity index (χ1) is 28.0. The van der Waals surface area contributed by atoms with Gasteiger partial charge < -0.3 is 59.2 Å². The number of hydrogen-bond donors (Lipinski definition) is 8. The minimum absolute atomic E-state index is 0.0324. The molecule has 0 saturated heterocycles. The summed E-state index contributed by atoms with van der Waals surface area (Å²) in [4.78, 5) is 88.8. The molecule has 59 heavy (non-hydrogen) atoms. The number of aromatic nitrogens is 5. The second-order valence-corrected chi connectivity index (χ2v) is 10.8. The van der Waals surface area contributed by atoms with Crippen LogP contribution in [0.2, 0.25) is 0 Å². The van der Waals surface area contributed by atoms with E-state index in [0.717, 1.165) is 0 Å². The highest BCUT2D eigenvalue weighted by molar-refractivity contribution is 6.03. The first kappa shape index (κ1) is 48.2. The van der Waals surface area contributed by atoms with Gasteiger partial charge in [0, 0.05) is 62.0 Å². The van der Waals surface area contributed by atoms with Crippen molar-refractivity contribution in [3.05, 3.63) is 118 Å². The molecule has 0 spiro atoms. The van der Waals surface area contributed by atoms with Crippen molar-refractivity contribution in [2.45, 2.75) is 26.9 Å². The lowest BCUT2D eigenvalue weighted by Crippen LogP contribution is -2.13. The van der Waals surface area contributed by atoms with Gasteiger partial charge in [-0.25, -0.2) is 33.6 Å². The van der Waals surface area contributed by atoms with Gasteiger partial charge in [-0.2, -0.15) is 15.8 Å². The Morgan fingerprint density at radius 3 is 1.17 bits per heavy atom. The summed E-state index contributed by atoms with van der Waals surface area (Å²) in [6.45, 7) is 5.28. The second kappa shape index (κ2) is 24.5. The Kier molecular flexibility index (Phi) is 20.0. The van der Waals surface area contributed by atoms with Crippen molar-refractivity contribution >= 4 is 41.8 Å². The Balaban J connectivity index is 0.000000371. The Hall–Kier alpha value is -8.84. The number of ether oxygens (including phenoxy) is 4. The number of hydrogen-bond acceptors (Lipinski definition) is 14. The molecule has 308 valence electrons. The topological polar surface area (TPSA) is 367 Å². The summed E-state index contributed by atoms with van der Waals surface area (Å²) >= 11 is 0. The largest absolute Gasteiger partial charge is 0.478 e. The maximum Gasteiger partial charge on any atom is 0.340 e. The fraction of sp³-hybridized carbons (Fsp3) is 0.189. The Morgan fingerprint density at radius 1 is 0.508 bits per heavy atom. The van der Waals surface area contributed by atoms with E-state index >= 15 is 0 Å². The summed E-state index contributed by atoms with van der Waals surface area (Å²) in [5.74, 6) is -5.86. The van der Waals surface area contributed by atoms with E-state index in [1.165, 1.54) is 76.2 Å². The standard InChI is InChI=1S/C9H11NO4.C8H9NO4.C7H6N2O2.C7H7NO4.C6H3N3/c1-5(2)14-9(13)7-4-10-3-6(7)8(11)12;1-2-13-8(12)6-4-9-3-5(6)7(10)11;1-11-7(10)6-4-9-3-5(6)2-8;1-12-7(11)5-3-8-2-4(5)6(9)10;7-1-5-3-9-4-6(5)2-8/h3-5,10H,1-2H3,(H,11,12);3-4,9H,2H2,1H3,(H,10,11);3-4,9H,1H3;2-3,8H,1H3,(H,9,10);3-4,9H. The summed E-state index contributed by atoms with van der Waals surface area (Å²) in [5.41, 5.74) is 1.28. The molecule has 22 heteroatoms. The van der Waals surface area contributed by atoms with Gasteiger partial charge >= 0.3 is 41.8 Å². The minimum atomic E-state index is -1.16. The van der Waals surface area contributed by atoms with Crippen LogP contribution >= 0.6 is 0 Å². The van der Waals surface area contributed by atoms with Gasteiger partial charge in [0.2, 0.25) is 0 Å². The highest BCUT2D eigenvalue weighted by Gasteiger charge is 2.20. The molecule has 5 heterocycles. The third-order valence-corrected chi connectivity index (χ3v) is 6.65. The summed E-state index contributed by atoms with van der Waals surface area (Å²) in [6.07, 6.45) is 13.3. The Bertz CT molecular complexity index is 2330. The number of carbonyl (C=O) groups is 7. The summed E-state index contributed by atoms with van der Waals surface area (Å²) in [5, 5.41) is 51.0. The van der Waals surface area contributed by atoms with Crippen LogP contribution in [0.4, 0.5) is 0 Å². The van der Waals surface area contributed by atoms with E-state index in [4.69, 9.17) is 35.8 Å². The lowest BCUT2D eigenvalue weighted by molar-refractivity contribution is 0.0370. The number of methoxy groups -OCH3 is 2. The SMILES string of the molecule is CC(C)OC(=O)c1c[nH]cc1C(=O)O.CCOC(=O)c1c[nH]cc1C(=O)O.COC(=O)c1c[nH]cc1C#N.COC(=O)c1c[nH]cc1C(=O)O.N#Cc1c[nH]cc1C#N. The molecule has 0 radical (unpaired) electrons. The third kappa shape index (κ3) is 14.7. The Labute approximate surface area is 333 Å². The predicted octanol–water partition coefficient (Wildman–Crippen LogP) is 4.10. The fourth-order valence-corrected chi connectivity index (χ4v) is 4.01. The van der Waals surface area contributed by atoms with Gasteiger partial charge in [0.25, 0.3) is 0 Å². The number of carboxylic acid groups (broad SMARTS) is 3. The van der Waals surface area contributed by atoms with E-state index in [-0.39, 0.29) is 51.7 Å². The third-order valence-electron chi connectivity index (χ3n) is 6.65. The molecule has 0 aliphatic carbocycles. The van der Waals surface area contributed by atoms with Crippen LogP contribution in [0.1, 0.15) is 110 Å². The number of rotatable bonds is 9. The molecule has 22 nitrogen and oxygen atoms in total. The molecule has 0 aliphatic heterocycles. The maximum atomic E-state index is 11.3. The zero-order valence-electron chi connectivity index (χ0n) is 31.7. The normalized spacial score (nSPS) is 9.27. The summed E-state index contributed by atoms with van der Waals surface area (Å²) in [7, 11) is 2.47. The van der Waals surface area contributed by atoms with E-state index in [0.29, 0.717) is 16.7 Å². The molecule has 5 aromatic rings. The first-order valence-electron chi connectivity index (χ1n) is 16.3. The van der Waals surface area contributed by atoms with Crippen LogP contribution in [-0.2, 0) is 18.9 Å². The van der Waals surface area contributed by atoms with Crippen molar-refractivity contribution in [2.75, 3.05) is 20.8 Å². The molecule has 5 rings (SSSR count). The number of nitrogens with zero attached hydrogens (tertiary/aromatic N) is 3. The van der Waals surface area contributed by atoms with Gasteiger partial charge in [-0.3, -0.25) is 0 Å². The molecule has 0 fully saturated rings. The van der Waals surface area contributed by atoms with E-state index in [9.17, 15) is 33.6 Å². The zero-order chi connectivity index (χ0) is 44.7. The van der Waals surface area contributed by atoms with Crippen molar-refractivity contribution in [3.63, 3.8) is 0 Å². The molecule has 5 aromatic heterocycles. The van der Waals surface area contributed by atoms with E-state index in [1.807, 2.05) is 18.2 Å². The highest BCUT2D eigenvalue weighted by Crippen LogP contribution is 2.12. The molecular weight excluding hydrogens is 780 g/mol. The summed E-state index contributed by atoms with van der Waals surface area (Å²) in [6, 6.07) is 5.60.